The summed E-state index contributed by atoms with van der Waals surface area (Å²) >= 11 is 0. The van der Waals surface area contributed by atoms with Crippen molar-refractivity contribution >= 4 is 5.91 Å². The molecular weight excluding hydrogens is 262 g/mol. The van der Waals surface area contributed by atoms with Gasteiger partial charge in [-0.1, -0.05) is 65.9 Å². The molecule has 0 radical (unpaired) electrons. The molecule has 1 amide bonds. The van der Waals surface area contributed by atoms with Gasteiger partial charge in [-0.2, -0.15) is 0 Å². The molecule has 0 aliphatic heterocycles. The van der Waals surface area contributed by atoms with Gasteiger partial charge in [-0.25, -0.2) is 16.0 Å². The van der Waals surface area contributed by atoms with Gasteiger partial charge in [0.15, 0.2) is 0 Å². The van der Waals surface area contributed by atoms with Crippen molar-refractivity contribution < 1.29 is 4.79 Å². The van der Waals surface area contributed by atoms with E-state index in [9.17, 15) is 4.79 Å². The molecule has 0 aromatic rings. The molecule has 0 unspecified atom stereocenters. The number of hydrazine groups is 2. The summed E-state index contributed by atoms with van der Waals surface area (Å²) in [6.45, 7) is 11.8. The SMILES string of the molecule is C=C(CC)C(=O)N(NCCCCCC)NCCCCCC. The molecule has 4 heteroatoms. The van der Waals surface area contributed by atoms with Crippen molar-refractivity contribution in [2.45, 2.75) is 78.6 Å². The number of carbonyl (C=O) groups is 1. The Bertz CT molecular complexity index is 265. The number of unbranched alkanes of at least 4 members (excludes halogenated alkanes) is 6. The average molecular weight is 297 g/mol. The van der Waals surface area contributed by atoms with Crippen molar-refractivity contribution in [3.05, 3.63) is 12.2 Å². The minimum absolute atomic E-state index is 0.0384. The normalized spacial score (nSPS) is 10.6. The maximum atomic E-state index is 12.2. The molecule has 0 heterocycles. The van der Waals surface area contributed by atoms with Crippen LogP contribution in [0.15, 0.2) is 12.2 Å². The zero-order valence-electron chi connectivity index (χ0n) is 14.3. The third kappa shape index (κ3) is 10.5. The molecule has 21 heavy (non-hydrogen) atoms. The minimum atomic E-state index is -0.0384. The van der Waals surface area contributed by atoms with E-state index in [2.05, 4.69) is 31.3 Å². The molecule has 0 saturated carbocycles. The number of hydrogen-bond donors (Lipinski definition) is 2. The zero-order chi connectivity index (χ0) is 15.9. The van der Waals surface area contributed by atoms with E-state index in [1.165, 1.54) is 38.5 Å². The van der Waals surface area contributed by atoms with Crippen LogP contribution in [0.3, 0.4) is 0 Å². The first-order valence-electron chi connectivity index (χ1n) is 8.66. The summed E-state index contributed by atoms with van der Waals surface area (Å²) in [6.07, 6.45) is 10.2. The molecule has 2 N–H and O–H groups in total. The number of carbonyl (C=O) groups excluding carboxylic acids is 1. The highest BCUT2D eigenvalue weighted by atomic mass is 16.2. The van der Waals surface area contributed by atoms with Gasteiger partial charge in [0, 0.05) is 18.7 Å². The lowest BCUT2D eigenvalue weighted by molar-refractivity contribution is -0.134. The summed E-state index contributed by atoms with van der Waals surface area (Å²) in [5.41, 5.74) is 7.03. The van der Waals surface area contributed by atoms with E-state index in [1.807, 2.05) is 6.92 Å². The van der Waals surface area contributed by atoms with Gasteiger partial charge >= 0.3 is 0 Å². The lowest BCUT2D eigenvalue weighted by Gasteiger charge is -2.25. The fourth-order valence-electron chi connectivity index (χ4n) is 1.99. The first-order valence-corrected chi connectivity index (χ1v) is 8.66. The van der Waals surface area contributed by atoms with Crippen molar-refractivity contribution in [2.24, 2.45) is 0 Å². The summed E-state index contributed by atoms with van der Waals surface area (Å²) < 4.78 is 0. The van der Waals surface area contributed by atoms with Gasteiger partial charge in [0.2, 0.25) is 0 Å². The van der Waals surface area contributed by atoms with Crippen molar-refractivity contribution in [1.82, 2.24) is 16.0 Å². The fourth-order valence-corrected chi connectivity index (χ4v) is 1.99. The molecule has 0 bridgehead atoms. The highest BCUT2D eigenvalue weighted by Crippen LogP contribution is 2.02. The Morgan fingerprint density at radius 1 is 0.857 bits per heavy atom. The minimum Gasteiger partial charge on any atom is -0.267 e. The Labute approximate surface area is 131 Å². The smallest absolute Gasteiger partial charge is 0.267 e. The van der Waals surface area contributed by atoms with Crippen LogP contribution in [0.1, 0.15) is 78.6 Å². The number of rotatable bonds is 14. The molecule has 0 aromatic heterocycles. The van der Waals surface area contributed by atoms with Gasteiger partial charge in [0.25, 0.3) is 5.91 Å². The molecule has 124 valence electrons. The molecule has 0 fully saturated rings. The van der Waals surface area contributed by atoms with Crippen LogP contribution in [0.4, 0.5) is 0 Å². The second-order valence-corrected chi connectivity index (χ2v) is 5.54. The third-order valence-electron chi connectivity index (χ3n) is 3.53. The van der Waals surface area contributed by atoms with E-state index in [-0.39, 0.29) is 5.91 Å². The number of nitrogens with one attached hydrogen (secondary N) is 2. The van der Waals surface area contributed by atoms with Gasteiger partial charge in [0.05, 0.1) is 0 Å². The largest absolute Gasteiger partial charge is 0.278 e. The Morgan fingerprint density at radius 3 is 1.71 bits per heavy atom. The number of nitrogens with zero attached hydrogens (tertiary/aromatic N) is 1. The average Bonchev–Trinajstić information content (AvgIpc) is 2.51. The summed E-state index contributed by atoms with van der Waals surface area (Å²) in [5, 5.41) is 1.55. The van der Waals surface area contributed by atoms with Gasteiger partial charge in [-0.05, 0) is 19.3 Å². The van der Waals surface area contributed by atoms with Crippen LogP contribution in [-0.2, 0) is 4.79 Å². The standard InChI is InChI=1S/C17H35N3O/c1-5-8-10-12-14-18-20(17(21)16(4)7-3)19-15-13-11-9-6-2/h18-19H,4-15H2,1-3H3. The quantitative estimate of drug-likeness (QED) is 0.290. The van der Waals surface area contributed by atoms with E-state index >= 15 is 0 Å². The fraction of sp³-hybridized carbons (Fsp3) is 0.824. The monoisotopic (exact) mass is 297 g/mol. The van der Waals surface area contributed by atoms with Crippen LogP contribution in [0, 0.1) is 0 Å². The maximum absolute atomic E-state index is 12.2. The second kappa shape index (κ2) is 14.1. The first-order chi connectivity index (χ1) is 10.2. The van der Waals surface area contributed by atoms with Crippen LogP contribution in [0.25, 0.3) is 0 Å². The number of hydrogen-bond acceptors (Lipinski definition) is 3. The predicted molar refractivity (Wildman–Crippen MR) is 90.6 cm³/mol. The van der Waals surface area contributed by atoms with E-state index in [4.69, 9.17) is 0 Å². The Kier molecular flexibility index (Phi) is 13.5. The van der Waals surface area contributed by atoms with Crippen molar-refractivity contribution in [1.29, 1.82) is 0 Å². The molecule has 0 spiro atoms. The van der Waals surface area contributed by atoms with Gasteiger partial charge in [-0.15, -0.1) is 0 Å². The molecule has 0 saturated heterocycles. The predicted octanol–water partition coefficient (Wildman–Crippen LogP) is 3.95. The summed E-state index contributed by atoms with van der Waals surface area (Å²) in [5.74, 6) is -0.0384. The summed E-state index contributed by atoms with van der Waals surface area (Å²) in [7, 11) is 0. The maximum Gasteiger partial charge on any atom is 0.278 e. The molecular formula is C17H35N3O. The van der Waals surface area contributed by atoms with Crippen LogP contribution in [0.5, 0.6) is 0 Å². The van der Waals surface area contributed by atoms with Gasteiger partial charge in [0.1, 0.15) is 0 Å². The van der Waals surface area contributed by atoms with Gasteiger partial charge in [-0.3, -0.25) is 4.79 Å². The lowest BCUT2D eigenvalue weighted by Crippen LogP contribution is -2.52. The topological polar surface area (TPSA) is 44.4 Å². The van der Waals surface area contributed by atoms with E-state index in [0.717, 1.165) is 25.9 Å². The van der Waals surface area contributed by atoms with Crippen LogP contribution in [-0.4, -0.2) is 24.1 Å². The third-order valence-corrected chi connectivity index (χ3v) is 3.53. The lowest BCUT2D eigenvalue weighted by atomic mass is 10.2. The van der Waals surface area contributed by atoms with E-state index < -0.39 is 0 Å². The Hall–Kier alpha value is -0.870. The first kappa shape index (κ1) is 20.1. The molecule has 0 rings (SSSR count). The molecule has 0 aliphatic carbocycles. The molecule has 0 atom stereocenters. The second-order valence-electron chi connectivity index (χ2n) is 5.54. The Balaban J connectivity index is 4.09. The highest BCUT2D eigenvalue weighted by molar-refractivity contribution is 5.92. The van der Waals surface area contributed by atoms with Crippen LogP contribution in [0.2, 0.25) is 0 Å². The van der Waals surface area contributed by atoms with Crippen LogP contribution < -0.4 is 10.9 Å². The summed E-state index contributed by atoms with van der Waals surface area (Å²) in [4.78, 5) is 12.2. The zero-order valence-corrected chi connectivity index (χ0v) is 14.3. The Morgan fingerprint density at radius 2 is 1.33 bits per heavy atom. The molecule has 4 nitrogen and oxygen atoms in total. The van der Waals surface area contributed by atoms with E-state index in [0.29, 0.717) is 12.0 Å². The van der Waals surface area contributed by atoms with Crippen LogP contribution >= 0.6 is 0 Å². The van der Waals surface area contributed by atoms with Gasteiger partial charge < -0.3 is 0 Å². The van der Waals surface area contributed by atoms with E-state index in [1.54, 1.807) is 5.12 Å². The molecule has 0 aromatic carbocycles. The van der Waals surface area contributed by atoms with Crippen molar-refractivity contribution in [3.8, 4) is 0 Å². The molecule has 0 aliphatic rings. The van der Waals surface area contributed by atoms with Crippen molar-refractivity contribution in [3.63, 3.8) is 0 Å². The number of amides is 1. The summed E-state index contributed by atoms with van der Waals surface area (Å²) in [6, 6.07) is 0. The highest BCUT2D eigenvalue weighted by Gasteiger charge is 2.14. The van der Waals surface area contributed by atoms with Crippen molar-refractivity contribution in [2.75, 3.05) is 13.1 Å².